The van der Waals surface area contributed by atoms with Gasteiger partial charge in [0.2, 0.25) is 0 Å². The van der Waals surface area contributed by atoms with Gasteiger partial charge in [-0.15, -0.1) is 18.8 Å². The molecular weight excluding hydrogens is 585 g/mol. The van der Waals surface area contributed by atoms with Gasteiger partial charge in [-0.2, -0.15) is 0 Å². The van der Waals surface area contributed by atoms with Crippen LogP contribution in [0.25, 0.3) is 0 Å². The Morgan fingerprint density at radius 1 is 0.438 bits per heavy atom. The summed E-state index contributed by atoms with van der Waals surface area (Å²) in [4.78, 5) is 0. The number of aliphatic hydroxyl groups excluding tert-OH is 2. The van der Waals surface area contributed by atoms with Crippen LogP contribution in [0.4, 0.5) is 0 Å². The number of hydrogen-bond acceptors (Lipinski definition) is 2. The molecule has 0 aliphatic rings. The van der Waals surface area contributed by atoms with Crippen molar-refractivity contribution in [2.75, 3.05) is 0 Å². The SMILES string of the molecule is C#CCCCCCCCCCCCCCCCC/C=C\CC/C=C/C#C[C@@H](O)C#CCCCC/C=C\CCCCCC/C=C/[C@H](O)C#C. The first-order valence-corrected chi connectivity index (χ1v) is 19.6. The smallest absolute Gasteiger partial charge is 0.176 e. The van der Waals surface area contributed by atoms with E-state index in [-0.39, 0.29) is 0 Å². The fourth-order valence-electron chi connectivity index (χ4n) is 5.38. The van der Waals surface area contributed by atoms with Crippen LogP contribution >= 0.6 is 0 Å². The second kappa shape index (κ2) is 40.3. The van der Waals surface area contributed by atoms with Gasteiger partial charge in [0.25, 0.3) is 0 Å². The number of rotatable bonds is 31. The van der Waals surface area contributed by atoms with Crippen LogP contribution in [0.15, 0.2) is 48.6 Å². The molecule has 0 aliphatic carbocycles. The predicted molar refractivity (Wildman–Crippen MR) is 211 cm³/mol. The molecule has 0 aliphatic heterocycles. The molecule has 0 saturated carbocycles. The van der Waals surface area contributed by atoms with Gasteiger partial charge in [0.15, 0.2) is 6.10 Å². The summed E-state index contributed by atoms with van der Waals surface area (Å²) < 4.78 is 0. The maximum absolute atomic E-state index is 9.93. The molecule has 0 fully saturated rings. The van der Waals surface area contributed by atoms with Gasteiger partial charge < -0.3 is 10.2 Å². The summed E-state index contributed by atoms with van der Waals surface area (Å²) in [6.07, 6.45) is 59.9. The fraction of sp³-hybridized carbons (Fsp3) is 0.652. The average molecular weight is 655 g/mol. The van der Waals surface area contributed by atoms with Gasteiger partial charge in [-0.05, 0) is 89.2 Å². The molecule has 0 aromatic heterocycles. The summed E-state index contributed by atoms with van der Waals surface area (Å²) in [5.74, 6) is 16.6. The number of allylic oxidation sites excluding steroid dienone is 7. The Balaban J connectivity index is 3.50. The van der Waals surface area contributed by atoms with E-state index in [4.69, 9.17) is 12.8 Å². The fourth-order valence-corrected chi connectivity index (χ4v) is 5.38. The lowest BCUT2D eigenvalue weighted by molar-refractivity contribution is 0.280. The van der Waals surface area contributed by atoms with Gasteiger partial charge in [-0.3, -0.25) is 0 Å². The first-order chi connectivity index (χ1) is 23.7. The van der Waals surface area contributed by atoms with Gasteiger partial charge in [0.05, 0.1) is 0 Å². The van der Waals surface area contributed by atoms with E-state index in [1.165, 1.54) is 116 Å². The summed E-state index contributed by atoms with van der Waals surface area (Å²) in [6.45, 7) is 0. The zero-order chi connectivity index (χ0) is 34.9. The van der Waals surface area contributed by atoms with Crippen LogP contribution in [-0.2, 0) is 0 Å². The Labute approximate surface area is 298 Å². The first-order valence-electron chi connectivity index (χ1n) is 19.6. The lowest BCUT2D eigenvalue weighted by Gasteiger charge is -2.03. The van der Waals surface area contributed by atoms with Crippen LogP contribution in [0.3, 0.4) is 0 Å². The van der Waals surface area contributed by atoms with Gasteiger partial charge >= 0.3 is 0 Å². The van der Waals surface area contributed by atoms with E-state index in [1.807, 2.05) is 12.2 Å². The van der Waals surface area contributed by atoms with Crippen LogP contribution < -0.4 is 0 Å². The van der Waals surface area contributed by atoms with Crippen LogP contribution in [-0.4, -0.2) is 22.4 Å². The van der Waals surface area contributed by atoms with Gasteiger partial charge in [0, 0.05) is 12.8 Å². The summed E-state index contributed by atoms with van der Waals surface area (Å²) in [7, 11) is 0. The highest BCUT2D eigenvalue weighted by molar-refractivity contribution is 5.24. The van der Waals surface area contributed by atoms with Crippen molar-refractivity contribution in [2.24, 2.45) is 0 Å². The van der Waals surface area contributed by atoms with Gasteiger partial charge in [-0.1, -0.05) is 156 Å². The minimum Gasteiger partial charge on any atom is -0.377 e. The minimum atomic E-state index is -0.866. The molecular formula is C46H70O2. The largest absolute Gasteiger partial charge is 0.377 e. The molecule has 0 aromatic carbocycles. The normalized spacial score (nSPS) is 12.6. The molecule has 0 spiro atoms. The van der Waals surface area contributed by atoms with Crippen molar-refractivity contribution < 1.29 is 10.2 Å². The highest BCUT2D eigenvalue weighted by Gasteiger charge is 1.95. The van der Waals surface area contributed by atoms with E-state index in [1.54, 1.807) is 6.08 Å². The minimum absolute atomic E-state index is 0.745. The number of aliphatic hydroxyl groups is 2. The summed E-state index contributed by atoms with van der Waals surface area (Å²) in [6, 6.07) is 0. The average Bonchev–Trinajstić information content (AvgIpc) is 3.09. The predicted octanol–water partition coefficient (Wildman–Crippen LogP) is 12.1. The number of terminal acetylenes is 2. The van der Waals surface area contributed by atoms with E-state index in [0.717, 1.165) is 64.2 Å². The van der Waals surface area contributed by atoms with Crippen LogP contribution in [0.2, 0.25) is 0 Å². The van der Waals surface area contributed by atoms with Crippen LogP contribution in [0.1, 0.15) is 180 Å². The molecule has 0 rings (SSSR count). The van der Waals surface area contributed by atoms with E-state index in [2.05, 4.69) is 65.9 Å². The zero-order valence-corrected chi connectivity index (χ0v) is 30.6. The molecule has 2 heteroatoms. The van der Waals surface area contributed by atoms with Crippen molar-refractivity contribution in [3.05, 3.63) is 48.6 Å². The van der Waals surface area contributed by atoms with Crippen LogP contribution in [0.5, 0.6) is 0 Å². The molecule has 48 heavy (non-hydrogen) atoms. The molecule has 2 atom stereocenters. The van der Waals surface area contributed by atoms with Gasteiger partial charge in [0.1, 0.15) is 6.10 Å². The van der Waals surface area contributed by atoms with Crippen molar-refractivity contribution >= 4 is 0 Å². The molecule has 0 unspecified atom stereocenters. The highest BCUT2D eigenvalue weighted by atomic mass is 16.3. The Morgan fingerprint density at radius 3 is 1.38 bits per heavy atom. The summed E-state index contributed by atoms with van der Waals surface area (Å²) >= 11 is 0. The third-order valence-electron chi connectivity index (χ3n) is 8.34. The standard InChI is InChI=1S/C46H70O2/c1-3-5-6-7-8-9-10-11-12-13-14-15-16-17-18-19-20-21-25-28-31-34-37-40-43-46(48)44-41-38-35-32-29-26-23-22-24-27-30-33-36-39-42-45(47)4-2/h1-2,21,23,25-26,34,37,39,42,45-48H,5-20,22,24,27-33,35-36,38H2/b25-21-,26-23-,37-34+,42-39+/t45-,46-/m1/s1. The molecule has 0 aromatic rings. The van der Waals surface area contributed by atoms with Crippen molar-refractivity contribution in [3.8, 4) is 48.4 Å². The Morgan fingerprint density at radius 2 is 0.854 bits per heavy atom. The van der Waals surface area contributed by atoms with E-state index >= 15 is 0 Å². The third-order valence-corrected chi connectivity index (χ3v) is 8.34. The summed E-state index contributed by atoms with van der Waals surface area (Å²) in [5.41, 5.74) is 0. The maximum atomic E-state index is 9.93. The topological polar surface area (TPSA) is 40.5 Å². The van der Waals surface area contributed by atoms with E-state index in [0.29, 0.717) is 0 Å². The molecule has 0 saturated heterocycles. The van der Waals surface area contributed by atoms with Crippen molar-refractivity contribution in [1.29, 1.82) is 0 Å². The lowest BCUT2D eigenvalue weighted by Crippen LogP contribution is -1.97. The molecule has 0 amide bonds. The Hall–Kier alpha value is -2.88. The molecule has 2 nitrogen and oxygen atoms in total. The number of unbranched alkanes of at least 4 members (excludes halogenated alkanes) is 24. The Bertz CT molecular complexity index is 1020. The molecule has 2 N–H and O–H groups in total. The molecule has 266 valence electrons. The third kappa shape index (κ3) is 39.3. The maximum Gasteiger partial charge on any atom is 0.176 e. The van der Waals surface area contributed by atoms with Crippen LogP contribution in [0, 0.1) is 48.4 Å². The first kappa shape index (κ1) is 45.1. The Kier molecular flexibility index (Phi) is 37.9. The summed E-state index contributed by atoms with van der Waals surface area (Å²) in [5, 5.41) is 19.2. The van der Waals surface area contributed by atoms with Crippen molar-refractivity contribution in [1.82, 2.24) is 0 Å². The van der Waals surface area contributed by atoms with E-state index < -0.39 is 12.2 Å². The second-order valence-corrected chi connectivity index (χ2v) is 12.9. The van der Waals surface area contributed by atoms with Crippen molar-refractivity contribution in [3.63, 3.8) is 0 Å². The quantitative estimate of drug-likeness (QED) is 0.0444. The molecule has 0 radical (unpaired) electrons. The zero-order valence-electron chi connectivity index (χ0n) is 30.6. The van der Waals surface area contributed by atoms with Crippen molar-refractivity contribution in [2.45, 2.75) is 192 Å². The molecule has 0 bridgehead atoms. The monoisotopic (exact) mass is 655 g/mol. The van der Waals surface area contributed by atoms with E-state index in [9.17, 15) is 10.2 Å². The molecule has 0 heterocycles. The second-order valence-electron chi connectivity index (χ2n) is 12.9. The lowest BCUT2D eigenvalue weighted by atomic mass is 10.0. The number of hydrogen-bond donors (Lipinski definition) is 2. The van der Waals surface area contributed by atoms with Gasteiger partial charge in [-0.25, -0.2) is 0 Å². The highest BCUT2D eigenvalue weighted by Crippen LogP contribution is 2.14.